The van der Waals surface area contributed by atoms with Gasteiger partial charge in [0.05, 0.1) is 11.3 Å². The largest absolute Gasteiger partial charge is 0.477 e. The number of rotatable bonds is 4. The molecular weight excluding hydrogens is 352 g/mol. The second kappa shape index (κ2) is 6.81. The fourth-order valence-electron chi connectivity index (χ4n) is 3.05. The minimum absolute atomic E-state index is 0.129. The lowest BCUT2D eigenvalue weighted by molar-refractivity contribution is 0.0702. The Morgan fingerprint density at radius 1 is 1.35 bits per heavy atom. The van der Waals surface area contributed by atoms with Gasteiger partial charge in [-0.3, -0.25) is 14.7 Å². The molecule has 1 aliphatic heterocycles. The molecule has 2 N–H and O–H groups in total. The first-order valence-electron chi connectivity index (χ1n) is 8.17. The number of H-pyrrole nitrogens is 1. The molecule has 132 valence electrons. The predicted octanol–water partition coefficient (Wildman–Crippen LogP) is 2.15. The maximum absolute atomic E-state index is 12.5. The first-order chi connectivity index (χ1) is 12.6. The van der Waals surface area contributed by atoms with Gasteiger partial charge in [0.25, 0.3) is 5.56 Å². The lowest BCUT2D eigenvalue weighted by atomic mass is 10.1. The van der Waals surface area contributed by atoms with Crippen molar-refractivity contribution in [3.8, 4) is 11.4 Å². The third-order valence-electron chi connectivity index (χ3n) is 4.33. The fourth-order valence-corrected chi connectivity index (χ4v) is 3.94. The number of aromatic nitrogens is 3. The van der Waals surface area contributed by atoms with Crippen LogP contribution >= 0.6 is 11.3 Å². The number of nitrogens with one attached hydrogen (secondary N) is 1. The molecule has 26 heavy (non-hydrogen) atoms. The molecule has 0 unspecified atom stereocenters. The first-order valence-corrected chi connectivity index (χ1v) is 8.98. The van der Waals surface area contributed by atoms with Gasteiger partial charge in [0, 0.05) is 48.9 Å². The summed E-state index contributed by atoms with van der Waals surface area (Å²) in [6.45, 7) is 1.91. The molecule has 0 bridgehead atoms. The number of carboxylic acids is 1. The van der Waals surface area contributed by atoms with Crippen LogP contribution in [-0.2, 0) is 19.5 Å². The molecule has 3 aromatic heterocycles. The predicted molar refractivity (Wildman–Crippen MR) is 97.2 cm³/mol. The van der Waals surface area contributed by atoms with Gasteiger partial charge >= 0.3 is 5.97 Å². The quantitative estimate of drug-likeness (QED) is 0.732. The Labute approximate surface area is 153 Å². The number of fused-ring (bicyclic) bond motifs is 1. The van der Waals surface area contributed by atoms with Gasteiger partial charge in [-0.25, -0.2) is 9.78 Å². The average molecular weight is 368 g/mol. The van der Waals surface area contributed by atoms with Gasteiger partial charge in [-0.1, -0.05) is 0 Å². The van der Waals surface area contributed by atoms with Crippen LogP contribution in [0.4, 0.5) is 0 Å². The van der Waals surface area contributed by atoms with E-state index < -0.39 is 5.97 Å². The molecule has 0 saturated heterocycles. The Balaban J connectivity index is 1.55. The van der Waals surface area contributed by atoms with E-state index in [1.807, 2.05) is 18.2 Å². The lowest BCUT2D eigenvalue weighted by Gasteiger charge is -2.27. The van der Waals surface area contributed by atoms with Gasteiger partial charge in [-0.15, -0.1) is 11.3 Å². The van der Waals surface area contributed by atoms with Gasteiger partial charge in [0.2, 0.25) is 0 Å². The van der Waals surface area contributed by atoms with Crippen LogP contribution in [0.25, 0.3) is 11.4 Å². The van der Waals surface area contributed by atoms with Crippen molar-refractivity contribution in [1.29, 1.82) is 0 Å². The minimum Gasteiger partial charge on any atom is -0.477 e. The molecule has 0 aliphatic carbocycles. The lowest BCUT2D eigenvalue weighted by Crippen LogP contribution is -2.35. The van der Waals surface area contributed by atoms with E-state index in [2.05, 4.69) is 19.9 Å². The highest BCUT2D eigenvalue weighted by Gasteiger charge is 2.22. The standard InChI is InChI=1S/C18H16N4O3S/c23-17-13-10-22(9-12-3-4-15(26-12)18(24)25)7-5-14(13)20-16(21-17)11-2-1-6-19-8-11/h1-4,6,8H,5,7,9-10H2,(H,24,25)(H,20,21,23). The molecule has 1 aliphatic rings. The van der Waals surface area contributed by atoms with E-state index in [0.717, 1.165) is 22.7 Å². The Kier molecular flexibility index (Phi) is 4.36. The van der Waals surface area contributed by atoms with Crippen LogP contribution in [0, 0.1) is 0 Å². The Bertz CT molecular complexity index is 1010. The van der Waals surface area contributed by atoms with Gasteiger partial charge in [0.15, 0.2) is 0 Å². The summed E-state index contributed by atoms with van der Waals surface area (Å²) in [7, 11) is 0. The van der Waals surface area contributed by atoms with Crippen LogP contribution in [-0.4, -0.2) is 37.5 Å². The van der Waals surface area contributed by atoms with Crippen LogP contribution in [0.3, 0.4) is 0 Å². The van der Waals surface area contributed by atoms with E-state index in [9.17, 15) is 9.59 Å². The summed E-state index contributed by atoms with van der Waals surface area (Å²) in [5.74, 6) is -0.367. The van der Waals surface area contributed by atoms with Crippen molar-refractivity contribution in [3.05, 3.63) is 68.0 Å². The van der Waals surface area contributed by atoms with E-state index in [0.29, 0.717) is 35.8 Å². The summed E-state index contributed by atoms with van der Waals surface area (Å²) in [6.07, 6.45) is 4.04. The van der Waals surface area contributed by atoms with E-state index in [1.54, 1.807) is 18.5 Å². The van der Waals surface area contributed by atoms with Crippen molar-refractivity contribution in [3.63, 3.8) is 0 Å². The first kappa shape index (κ1) is 16.6. The third kappa shape index (κ3) is 3.29. The topological polar surface area (TPSA) is 99.2 Å². The molecule has 4 rings (SSSR count). The molecule has 3 aromatic rings. The summed E-state index contributed by atoms with van der Waals surface area (Å²) in [5.41, 5.74) is 2.16. The molecule has 0 amide bonds. The van der Waals surface area contributed by atoms with Gasteiger partial charge < -0.3 is 10.1 Å². The SMILES string of the molecule is O=C(O)c1ccc(CN2CCc3nc(-c4cccnc4)[nH]c(=O)c3C2)s1. The monoisotopic (exact) mass is 368 g/mol. The van der Waals surface area contributed by atoms with E-state index >= 15 is 0 Å². The van der Waals surface area contributed by atoms with Crippen molar-refractivity contribution in [1.82, 2.24) is 19.9 Å². The molecule has 0 saturated carbocycles. The van der Waals surface area contributed by atoms with E-state index in [-0.39, 0.29) is 5.56 Å². The second-order valence-electron chi connectivity index (χ2n) is 6.11. The van der Waals surface area contributed by atoms with E-state index in [1.165, 1.54) is 11.3 Å². The normalized spacial score (nSPS) is 14.2. The summed E-state index contributed by atoms with van der Waals surface area (Å²) >= 11 is 1.27. The molecule has 7 nitrogen and oxygen atoms in total. The van der Waals surface area contributed by atoms with Crippen LogP contribution in [0.1, 0.15) is 25.8 Å². The molecule has 0 fully saturated rings. The van der Waals surface area contributed by atoms with Crippen LogP contribution in [0.5, 0.6) is 0 Å². The highest BCUT2D eigenvalue weighted by atomic mass is 32.1. The number of thiophene rings is 1. The molecule has 4 heterocycles. The van der Waals surface area contributed by atoms with Crippen molar-refractivity contribution in [2.75, 3.05) is 6.54 Å². The smallest absolute Gasteiger partial charge is 0.345 e. The highest BCUT2D eigenvalue weighted by Crippen LogP contribution is 2.22. The zero-order chi connectivity index (χ0) is 18.1. The summed E-state index contributed by atoms with van der Waals surface area (Å²) in [5, 5.41) is 9.03. The van der Waals surface area contributed by atoms with Gasteiger partial charge in [-0.05, 0) is 24.3 Å². The van der Waals surface area contributed by atoms with Gasteiger partial charge in [-0.2, -0.15) is 0 Å². The molecular formula is C18H16N4O3S. The Morgan fingerprint density at radius 2 is 2.23 bits per heavy atom. The van der Waals surface area contributed by atoms with Crippen LogP contribution < -0.4 is 5.56 Å². The number of aromatic amines is 1. The summed E-state index contributed by atoms with van der Waals surface area (Å²) in [6, 6.07) is 7.12. The number of hydrogen-bond acceptors (Lipinski definition) is 6. The average Bonchev–Trinajstić information content (AvgIpc) is 3.12. The second-order valence-corrected chi connectivity index (χ2v) is 7.28. The zero-order valence-electron chi connectivity index (χ0n) is 13.8. The maximum Gasteiger partial charge on any atom is 0.345 e. The Hall–Kier alpha value is -2.84. The maximum atomic E-state index is 12.5. The summed E-state index contributed by atoms with van der Waals surface area (Å²) in [4.78, 5) is 38.5. The molecule has 0 atom stereocenters. The zero-order valence-corrected chi connectivity index (χ0v) is 14.6. The van der Waals surface area contributed by atoms with Crippen molar-refractivity contribution in [2.24, 2.45) is 0 Å². The highest BCUT2D eigenvalue weighted by molar-refractivity contribution is 7.13. The number of hydrogen-bond donors (Lipinski definition) is 2. The summed E-state index contributed by atoms with van der Waals surface area (Å²) < 4.78 is 0. The molecule has 0 spiro atoms. The fraction of sp³-hybridized carbons (Fsp3) is 0.222. The molecule has 0 aromatic carbocycles. The van der Waals surface area contributed by atoms with Crippen molar-refractivity contribution < 1.29 is 9.90 Å². The van der Waals surface area contributed by atoms with Crippen molar-refractivity contribution >= 4 is 17.3 Å². The van der Waals surface area contributed by atoms with Gasteiger partial charge in [0.1, 0.15) is 10.7 Å². The third-order valence-corrected chi connectivity index (χ3v) is 5.39. The van der Waals surface area contributed by atoms with Crippen molar-refractivity contribution in [2.45, 2.75) is 19.5 Å². The number of carboxylic acid groups (broad SMARTS) is 1. The molecule has 0 radical (unpaired) electrons. The van der Waals surface area contributed by atoms with E-state index in [4.69, 9.17) is 5.11 Å². The minimum atomic E-state index is -0.909. The number of nitrogens with zero attached hydrogens (tertiary/aromatic N) is 3. The Morgan fingerprint density at radius 3 is 2.96 bits per heavy atom. The number of carbonyl (C=O) groups is 1. The molecule has 8 heteroatoms. The number of aromatic carboxylic acids is 1. The number of pyridine rings is 1. The van der Waals surface area contributed by atoms with Crippen LogP contribution in [0.15, 0.2) is 41.5 Å². The van der Waals surface area contributed by atoms with Crippen LogP contribution in [0.2, 0.25) is 0 Å².